The zero-order chi connectivity index (χ0) is 26.6. The van der Waals surface area contributed by atoms with Gasteiger partial charge in [-0.25, -0.2) is 9.99 Å². The molecule has 6 rings (SSSR count). The Balaban J connectivity index is 1.22. The highest BCUT2D eigenvalue weighted by Gasteiger charge is 2.18. The third kappa shape index (κ3) is 4.98. The summed E-state index contributed by atoms with van der Waals surface area (Å²) in [7, 11) is 0. The van der Waals surface area contributed by atoms with E-state index in [1.54, 1.807) is 10.8 Å². The quantitative estimate of drug-likeness (QED) is 0.160. The number of carbonyl (C=O) groups is 1. The normalized spacial score (nSPS) is 11.3. The molecule has 0 radical (unpaired) electrons. The minimum atomic E-state index is -0.407. The summed E-state index contributed by atoms with van der Waals surface area (Å²) in [6.07, 6.45) is 1.69. The Morgan fingerprint density at radius 3 is 2.18 bits per heavy atom. The molecule has 0 aliphatic carbocycles. The summed E-state index contributed by atoms with van der Waals surface area (Å²) in [5.41, 5.74) is 6.38. The lowest BCUT2D eigenvalue weighted by Gasteiger charge is -2.11. The first kappa shape index (κ1) is 24.1. The van der Waals surface area contributed by atoms with Crippen LogP contribution in [-0.2, 0) is 4.79 Å². The molecule has 0 aliphatic heterocycles. The van der Waals surface area contributed by atoms with Crippen molar-refractivity contribution in [3.05, 3.63) is 120 Å². The van der Waals surface area contributed by atoms with Crippen LogP contribution < -0.4 is 10.2 Å². The Morgan fingerprint density at radius 2 is 1.49 bits per heavy atom. The fourth-order valence-corrected chi connectivity index (χ4v) is 4.58. The first-order chi connectivity index (χ1) is 19.2. The number of aromatic nitrogens is 3. The smallest absolute Gasteiger partial charge is 0.322 e. The first-order valence-corrected chi connectivity index (χ1v) is 12.6. The van der Waals surface area contributed by atoms with Gasteiger partial charge in [-0.1, -0.05) is 102 Å². The van der Waals surface area contributed by atoms with E-state index in [1.807, 2.05) is 85.8 Å². The maximum atomic E-state index is 12.7. The average molecular weight is 512 g/mol. The van der Waals surface area contributed by atoms with Gasteiger partial charge >= 0.3 is 6.01 Å². The first-order valence-electron chi connectivity index (χ1n) is 12.6. The Bertz CT molecular complexity index is 1750. The molecule has 190 valence electrons. The molecule has 7 heteroatoms. The van der Waals surface area contributed by atoms with Gasteiger partial charge in [0.1, 0.15) is 0 Å². The SMILES string of the molecule is Cc1ccc(-n2c(OCC(=O)N/N=C/c3c4ccccc4cc4ccccc34)nnc2-c2ccccc2)cc1. The molecule has 1 amide bonds. The van der Waals surface area contributed by atoms with Crippen molar-refractivity contribution in [2.75, 3.05) is 6.61 Å². The van der Waals surface area contributed by atoms with E-state index in [2.05, 4.69) is 51.1 Å². The van der Waals surface area contributed by atoms with E-state index in [4.69, 9.17) is 4.74 Å². The van der Waals surface area contributed by atoms with E-state index in [1.165, 1.54) is 0 Å². The Labute approximate surface area is 225 Å². The maximum absolute atomic E-state index is 12.7. The highest BCUT2D eigenvalue weighted by atomic mass is 16.5. The number of nitrogens with zero attached hydrogens (tertiary/aromatic N) is 4. The molecule has 0 spiro atoms. The van der Waals surface area contributed by atoms with Crippen LogP contribution in [0.25, 0.3) is 38.6 Å². The molecular formula is C32H25N5O2. The van der Waals surface area contributed by atoms with Crippen molar-refractivity contribution < 1.29 is 9.53 Å². The monoisotopic (exact) mass is 511 g/mol. The minimum absolute atomic E-state index is 0.219. The van der Waals surface area contributed by atoms with E-state index >= 15 is 0 Å². The maximum Gasteiger partial charge on any atom is 0.322 e. The second-order valence-electron chi connectivity index (χ2n) is 9.16. The van der Waals surface area contributed by atoms with E-state index in [-0.39, 0.29) is 12.6 Å². The summed E-state index contributed by atoms with van der Waals surface area (Å²) < 4.78 is 7.63. The fourth-order valence-electron chi connectivity index (χ4n) is 4.58. The molecule has 0 fully saturated rings. The number of nitrogens with one attached hydrogen (secondary N) is 1. The second-order valence-corrected chi connectivity index (χ2v) is 9.16. The van der Waals surface area contributed by atoms with Gasteiger partial charge in [-0.15, -0.1) is 5.10 Å². The van der Waals surface area contributed by atoms with Crippen LogP contribution >= 0.6 is 0 Å². The number of ether oxygens (including phenoxy) is 1. The number of benzene rings is 5. The second kappa shape index (κ2) is 10.6. The van der Waals surface area contributed by atoms with Gasteiger partial charge in [0.25, 0.3) is 5.91 Å². The summed E-state index contributed by atoms with van der Waals surface area (Å²) in [4.78, 5) is 12.7. The molecule has 1 aromatic heterocycles. The van der Waals surface area contributed by atoms with Crippen LogP contribution in [0.15, 0.2) is 114 Å². The molecule has 0 bridgehead atoms. The zero-order valence-corrected chi connectivity index (χ0v) is 21.3. The van der Waals surface area contributed by atoms with Crippen molar-refractivity contribution in [3.63, 3.8) is 0 Å². The highest BCUT2D eigenvalue weighted by molar-refractivity contribution is 6.13. The molecule has 0 atom stereocenters. The average Bonchev–Trinajstić information content (AvgIpc) is 3.40. The van der Waals surface area contributed by atoms with Crippen molar-refractivity contribution in [2.24, 2.45) is 5.10 Å². The topological polar surface area (TPSA) is 81.4 Å². The number of hydrogen-bond acceptors (Lipinski definition) is 5. The largest absolute Gasteiger partial charge is 0.453 e. The van der Waals surface area contributed by atoms with E-state index < -0.39 is 5.91 Å². The van der Waals surface area contributed by atoms with Crippen LogP contribution in [0.1, 0.15) is 11.1 Å². The molecule has 0 aliphatic rings. The van der Waals surface area contributed by atoms with Gasteiger partial charge in [0, 0.05) is 11.1 Å². The molecule has 6 aromatic rings. The summed E-state index contributed by atoms with van der Waals surface area (Å²) >= 11 is 0. The predicted octanol–water partition coefficient (Wildman–Crippen LogP) is 6.08. The fraction of sp³-hybridized carbons (Fsp3) is 0.0625. The van der Waals surface area contributed by atoms with E-state index in [0.717, 1.165) is 43.9 Å². The summed E-state index contributed by atoms with van der Waals surface area (Å²) in [6.45, 7) is 1.75. The van der Waals surface area contributed by atoms with Crippen molar-refractivity contribution in [3.8, 4) is 23.1 Å². The summed E-state index contributed by atoms with van der Waals surface area (Å²) in [5.74, 6) is 0.214. The lowest BCUT2D eigenvalue weighted by atomic mass is 9.97. The van der Waals surface area contributed by atoms with Crippen LogP contribution in [0.2, 0.25) is 0 Å². The molecule has 5 aromatic carbocycles. The highest BCUT2D eigenvalue weighted by Crippen LogP contribution is 2.28. The molecule has 7 nitrogen and oxygen atoms in total. The van der Waals surface area contributed by atoms with Gasteiger partial charge in [0.2, 0.25) is 0 Å². The number of aryl methyl sites for hydroxylation is 1. The number of amides is 1. The third-order valence-electron chi connectivity index (χ3n) is 6.49. The van der Waals surface area contributed by atoms with Gasteiger partial charge in [-0.3, -0.25) is 4.79 Å². The zero-order valence-electron chi connectivity index (χ0n) is 21.3. The standard InChI is InChI=1S/C32H25N5O2/c1-22-15-17-26(18-16-22)37-31(23-9-3-2-4-10-23)35-36-32(37)39-21-30(38)34-33-20-29-27-13-7-5-11-24(27)19-25-12-6-8-14-28(25)29/h2-20H,21H2,1H3,(H,34,38)/b33-20+. The molecule has 0 saturated carbocycles. The van der Waals surface area contributed by atoms with Crippen molar-refractivity contribution in [1.82, 2.24) is 20.2 Å². The Hall–Kier alpha value is -5.30. The number of carbonyl (C=O) groups excluding carboxylic acids is 1. The summed E-state index contributed by atoms with van der Waals surface area (Å²) in [5, 5.41) is 17.2. The molecule has 1 N–H and O–H groups in total. The van der Waals surface area contributed by atoms with Crippen LogP contribution in [0.3, 0.4) is 0 Å². The van der Waals surface area contributed by atoms with Crippen LogP contribution in [0.5, 0.6) is 6.01 Å². The van der Waals surface area contributed by atoms with E-state index in [0.29, 0.717) is 5.82 Å². The van der Waals surface area contributed by atoms with Gasteiger partial charge < -0.3 is 4.74 Å². The lowest BCUT2D eigenvalue weighted by Crippen LogP contribution is -2.25. The Morgan fingerprint density at radius 1 is 0.846 bits per heavy atom. The predicted molar refractivity (Wildman–Crippen MR) is 154 cm³/mol. The third-order valence-corrected chi connectivity index (χ3v) is 6.49. The number of hydrogen-bond donors (Lipinski definition) is 1. The van der Waals surface area contributed by atoms with Crippen molar-refractivity contribution in [2.45, 2.75) is 6.92 Å². The van der Waals surface area contributed by atoms with Crippen molar-refractivity contribution >= 4 is 33.7 Å². The molecule has 0 saturated heterocycles. The molecule has 39 heavy (non-hydrogen) atoms. The lowest BCUT2D eigenvalue weighted by molar-refractivity contribution is -0.123. The number of hydrazone groups is 1. The molecule has 0 unspecified atom stereocenters. The van der Waals surface area contributed by atoms with Crippen LogP contribution in [0, 0.1) is 6.92 Å². The number of rotatable bonds is 7. The van der Waals surface area contributed by atoms with Gasteiger partial charge in [-0.2, -0.15) is 5.10 Å². The van der Waals surface area contributed by atoms with Gasteiger partial charge in [-0.05, 0) is 46.7 Å². The Kier molecular flexibility index (Phi) is 6.53. The van der Waals surface area contributed by atoms with Crippen molar-refractivity contribution in [1.29, 1.82) is 0 Å². The van der Waals surface area contributed by atoms with Crippen LogP contribution in [0.4, 0.5) is 0 Å². The molecule has 1 heterocycles. The molecular weight excluding hydrogens is 486 g/mol. The minimum Gasteiger partial charge on any atom is -0.453 e. The van der Waals surface area contributed by atoms with Gasteiger partial charge in [0.15, 0.2) is 12.4 Å². The van der Waals surface area contributed by atoms with Gasteiger partial charge in [0.05, 0.1) is 11.9 Å². The van der Waals surface area contributed by atoms with Crippen LogP contribution in [-0.4, -0.2) is 33.5 Å². The van der Waals surface area contributed by atoms with E-state index in [9.17, 15) is 4.79 Å². The summed E-state index contributed by atoms with van der Waals surface area (Å²) in [6, 6.07) is 36.3. The number of fused-ring (bicyclic) bond motifs is 2.